The molecule has 72 valence electrons. The average molecular weight is 252 g/mol. The first-order valence-corrected chi connectivity index (χ1v) is 5.16. The highest BCUT2D eigenvalue weighted by molar-refractivity contribution is 9.10. The lowest BCUT2D eigenvalue weighted by Crippen LogP contribution is -2.03. The fourth-order valence-corrected chi connectivity index (χ4v) is 1.49. The number of rotatable bonds is 2. The summed E-state index contributed by atoms with van der Waals surface area (Å²) in [4.78, 5) is 1.69. The number of nitrogens with zero attached hydrogens (tertiary/aromatic N) is 3. The monoisotopic (exact) mass is 251 g/mol. The molecule has 14 heavy (non-hydrogen) atoms. The molecule has 0 aliphatic heterocycles. The lowest BCUT2D eigenvalue weighted by molar-refractivity contribution is 0.585. The summed E-state index contributed by atoms with van der Waals surface area (Å²) < 4.78 is 0.813. The number of benzene rings is 1. The highest BCUT2D eigenvalue weighted by Gasteiger charge is 2.02. The largest absolute Gasteiger partial charge is 0.179 e. The van der Waals surface area contributed by atoms with Crippen molar-refractivity contribution in [1.82, 2.24) is 15.0 Å². The quantitative estimate of drug-likeness (QED) is 0.821. The molecular formula is C10H10BrN3. The van der Waals surface area contributed by atoms with Gasteiger partial charge in [-0.15, -0.1) is 5.10 Å². The Balaban J connectivity index is 2.19. The van der Waals surface area contributed by atoms with Crippen molar-refractivity contribution in [2.75, 3.05) is 0 Å². The van der Waals surface area contributed by atoms with Gasteiger partial charge in [0.1, 0.15) is 0 Å². The van der Waals surface area contributed by atoms with Gasteiger partial charge in [-0.25, -0.2) is 0 Å². The average Bonchev–Trinajstić information content (AvgIpc) is 2.47. The molecule has 0 unspecified atom stereocenters. The van der Waals surface area contributed by atoms with Gasteiger partial charge in [-0.2, -0.15) is 9.90 Å². The van der Waals surface area contributed by atoms with Crippen molar-refractivity contribution in [3.05, 3.63) is 46.2 Å². The molecule has 1 heterocycles. The predicted molar refractivity (Wildman–Crippen MR) is 58.0 cm³/mol. The minimum atomic E-state index is 0.716. The Morgan fingerprint density at radius 2 is 1.93 bits per heavy atom. The first kappa shape index (κ1) is 9.40. The van der Waals surface area contributed by atoms with Gasteiger partial charge in [-0.3, -0.25) is 0 Å². The van der Waals surface area contributed by atoms with E-state index in [4.69, 9.17) is 0 Å². The molecule has 0 amide bonds. The molecule has 0 N–H and O–H groups in total. The van der Waals surface area contributed by atoms with Crippen LogP contribution in [0, 0.1) is 6.92 Å². The fourth-order valence-electron chi connectivity index (χ4n) is 1.23. The zero-order chi connectivity index (χ0) is 9.97. The molecule has 3 nitrogen and oxygen atoms in total. The first-order chi connectivity index (χ1) is 6.75. The van der Waals surface area contributed by atoms with Crippen LogP contribution >= 0.6 is 15.9 Å². The molecular weight excluding hydrogens is 242 g/mol. The van der Waals surface area contributed by atoms with E-state index < -0.39 is 0 Å². The van der Waals surface area contributed by atoms with Gasteiger partial charge in [-0.05, 0) is 28.4 Å². The molecule has 1 aromatic carbocycles. The third kappa shape index (κ3) is 2.01. The molecule has 0 aliphatic rings. The van der Waals surface area contributed by atoms with E-state index in [2.05, 4.69) is 38.3 Å². The summed E-state index contributed by atoms with van der Waals surface area (Å²) in [5, 5.41) is 8.49. The second-order valence-electron chi connectivity index (χ2n) is 3.09. The Kier molecular flexibility index (Phi) is 2.63. The highest BCUT2D eigenvalue weighted by atomic mass is 79.9. The van der Waals surface area contributed by atoms with Gasteiger partial charge >= 0.3 is 0 Å². The van der Waals surface area contributed by atoms with Gasteiger partial charge in [0.15, 0.2) is 4.60 Å². The molecule has 0 aliphatic carbocycles. The van der Waals surface area contributed by atoms with Gasteiger partial charge in [-0.1, -0.05) is 30.3 Å². The second-order valence-corrected chi connectivity index (χ2v) is 3.84. The van der Waals surface area contributed by atoms with Crippen LogP contribution in [0.15, 0.2) is 34.9 Å². The standard InChI is InChI=1S/C10H10BrN3/c1-8-10(11)13-14(12-8)7-9-5-3-2-4-6-9/h2-6H,7H2,1H3. The molecule has 0 radical (unpaired) electrons. The maximum absolute atomic E-state index is 4.26. The van der Waals surface area contributed by atoms with Crippen molar-refractivity contribution in [2.24, 2.45) is 0 Å². The third-order valence-corrected chi connectivity index (χ3v) is 2.67. The van der Waals surface area contributed by atoms with Crippen LogP contribution in [0.25, 0.3) is 0 Å². The van der Waals surface area contributed by atoms with Crippen LogP contribution in [0.5, 0.6) is 0 Å². The van der Waals surface area contributed by atoms with Crippen molar-refractivity contribution < 1.29 is 0 Å². The minimum Gasteiger partial charge on any atom is -0.179 e. The van der Waals surface area contributed by atoms with Crippen LogP contribution in [0.2, 0.25) is 0 Å². The second kappa shape index (κ2) is 3.92. The summed E-state index contributed by atoms with van der Waals surface area (Å²) in [6, 6.07) is 10.2. The lowest BCUT2D eigenvalue weighted by atomic mass is 10.2. The molecule has 0 saturated carbocycles. The third-order valence-electron chi connectivity index (χ3n) is 1.93. The smallest absolute Gasteiger partial charge is 0.151 e. The summed E-state index contributed by atoms with van der Waals surface area (Å²) in [6.07, 6.45) is 0. The van der Waals surface area contributed by atoms with E-state index >= 15 is 0 Å². The zero-order valence-corrected chi connectivity index (χ0v) is 9.40. The summed E-state index contributed by atoms with van der Waals surface area (Å²) in [5.74, 6) is 0. The molecule has 0 saturated heterocycles. The van der Waals surface area contributed by atoms with Crippen molar-refractivity contribution in [1.29, 1.82) is 0 Å². The maximum atomic E-state index is 4.26. The number of aryl methyl sites for hydroxylation is 1. The Hall–Kier alpha value is -1.16. The van der Waals surface area contributed by atoms with Crippen LogP contribution in [-0.2, 0) is 6.54 Å². The van der Waals surface area contributed by atoms with Gasteiger partial charge in [0.25, 0.3) is 0 Å². The number of hydrogen-bond acceptors (Lipinski definition) is 2. The molecule has 0 bridgehead atoms. The van der Waals surface area contributed by atoms with E-state index in [1.165, 1.54) is 5.56 Å². The Labute approximate surface area is 90.9 Å². The highest BCUT2D eigenvalue weighted by Crippen LogP contribution is 2.10. The zero-order valence-electron chi connectivity index (χ0n) is 7.81. The van der Waals surface area contributed by atoms with Crippen LogP contribution < -0.4 is 0 Å². The molecule has 4 heteroatoms. The van der Waals surface area contributed by atoms with E-state index in [1.54, 1.807) is 4.80 Å². The molecule has 2 aromatic rings. The lowest BCUT2D eigenvalue weighted by Gasteiger charge is -1.98. The predicted octanol–water partition coefficient (Wildman–Crippen LogP) is 2.40. The SMILES string of the molecule is Cc1nn(Cc2ccccc2)nc1Br. The summed E-state index contributed by atoms with van der Waals surface area (Å²) >= 11 is 3.33. The number of aromatic nitrogens is 3. The Morgan fingerprint density at radius 3 is 2.50 bits per heavy atom. The first-order valence-electron chi connectivity index (χ1n) is 4.37. The summed E-state index contributed by atoms with van der Waals surface area (Å²) in [7, 11) is 0. The van der Waals surface area contributed by atoms with Crippen molar-refractivity contribution >= 4 is 15.9 Å². The minimum absolute atomic E-state index is 0.716. The van der Waals surface area contributed by atoms with Gasteiger partial charge in [0.05, 0.1) is 12.2 Å². The molecule has 0 atom stereocenters. The Morgan fingerprint density at radius 1 is 1.21 bits per heavy atom. The van der Waals surface area contributed by atoms with E-state index in [0.717, 1.165) is 10.3 Å². The van der Waals surface area contributed by atoms with Crippen molar-refractivity contribution in [2.45, 2.75) is 13.5 Å². The van der Waals surface area contributed by atoms with E-state index in [1.807, 2.05) is 25.1 Å². The summed E-state index contributed by atoms with van der Waals surface area (Å²) in [5.41, 5.74) is 2.12. The van der Waals surface area contributed by atoms with Crippen LogP contribution in [-0.4, -0.2) is 15.0 Å². The maximum Gasteiger partial charge on any atom is 0.151 e. The topological polar surface area (TPSA) is 30.7 Å². The Bertz CT molecular complexity index is 403. The van der Waals surface area contributed by atoms with Gasteiger partial charge < -0.3 is 0 Å². The molecule has 0 spiro atoms. The van der Waals surface area contributed by atoms with Gasteiger partial charge in [0.2, 0.25) is 0 Å². The molecule has 1 aromatic heterocycles. The van der Waals surface area contributed by atoms with Crippen LogP contribution in [0.3, 0.4) is 0 Å². The van der Waals surface area contributed by atoms with Crippen LogP contribution in [0.4, 0.5) is 0 Å². The van der Waals surface area contributed by atoms with E-state index in [-0.39, 0.29) is 0 Å². The fraction of sp³-hybridized carbons (Fsp3) is 0.200. The van der Waals surface area contributed by atoms with Crippen LogP contribution in [0.1, 0.15) is 11.3 Å². The summed E-state index contributed by atoms with van der Waals surface area (Å²) in [6.45, 7) is 2.64. The number of halogens is 1. The van der Waals surface area contributed by atoms with E-state index in [9.17, 15) is 0 Å². The van der Waals surface area contributed by atoms with E-state index in [0.29, 0.717) is 6.54 Å². The normalized spacial score (nSPS) is 10.4. The number of hydrogen-bond donors (Lipinski definition) is 0. The van der Waals surface area contributed by atoms with Crippen molar-refractivity contribution in [3.63, 3.8) is 0 Å². The molecule has 2 rings (SSSR count). The molecule has 0 fully saturated rings. The van der Waals surface area contributed by atoms with Crippen molar-refractivity contribution in [3.8, 4) is 0 Å². The van der Waals surface area contributed by atoms with Gasteiger partial charge in [0, 0.05) is 0 Å².